The number of hydrogen-bond acceptors (Lipinski definition) is 6. The first-order valence-corrected chi connectivity index (χ1v) is 15.5. The average molecular weight is 606 g/mol. The molecular formula is C29H33F2N3O5S2. The zero-order chi connectivity index (χ0) is 30.1. The summed E-state index contributed by atoms with van der Waals surface area (Å²) in [5.41, 5.74) is 0.952. The maximum absolute atomic E-state index is 15.4. The summed E-state index contributed by atoms with van der Waals surface area (Å²) in [6, 6.07) is 8.98. The number of halogens is 2. The predicted octanol–water partition coefficient (Wildman–Crippen LogP) is 3.72. The molecular weight excluding hydrogens is 572 g/mol. The van der Waals surface area contributed by atoms with Crippen LogP contribution < -0.4 is 15.0 Å². The maximum Gasteiger partial charge on any atom is 0.250 e. The summed E-state index contributed by atoms with van der Waals surface area (Å²) in [5.74, 6) is -2.50. The molecule has 0 bridgehead atoms. The topological polar surface area (TPSA) is 120 Å². The van der Waals surface area contributed by atoms with Crippen molar-refractivity contribution >= 4 is 28.0 Å². The van der Waals surface area contributed by atoms with Crippen LogP contribution in [0.3, 0.4) is 0 Å². The number of carbonyl (C=O) groups is 1. The number of nitrogens with zero attached hydrogens (tertiary/aromatic N) is 1. The van der Waals surface area contributed by atoms with Gasteiger partial charge < -0.3 is 9.12 Å². The van der Waals surface area contributed by atoms with E-state index in [0.29, 0.717) is 23.6 Å². The molecule has 1 saturated carbocycles. The summed E-state index contributed by atoms with van der Waals surface area (Å²) in [5, 5.41) is 0. The van der Waals surface area contributed by atoms with Crippen molar-refractivity contribution in [3.05, 3.63) is 92.9 Å². The Balaban J connectivity index is 1.74. The minimum absolute atomic E-state index is 0.0521. The van der Waals surface area contributed by atoms with Crippen LogP contribution in [0.5, 0.6) is 0 Å². The third-order valence-electron chi connectivity index (χ3n) is 6.94. The highest BCUT2D eigenvalue weighted by Crippen LogP contribution is 2.45. The second kappa shape index (κ2) is 12.5. The lowest BCUT2D eigenvalue weighted by Crippen LogP contribution is -2.42. The summed E-state index contributed by atoms with van der Waals surface area (Å²) in [4.78, 5) is 26.0. The molecule has 0 spiro atoms. The summed E-state index contributed by atoms with van der Waals surface area (Å²) >= 11 is -1.48. The van der Waals surface area contributed by atoms with Gasteiger partial charge in [-0.25, -0.2) is 21.9 Å². The third-order valence-corrected chi connectivity index (χ3v) is 9.00. The monoisotopic (exact) mass is 605 g/mol. The van der Waals surface area contributed by atoms with Crippen molar-refractivity contribution in [2.45, 2.75) is 50.8 Å². The molecule has 1 aliphatic carbocycles. The van der Waals surface area contributed by atoms with Gasteiger partial charge in [-0.05, 0) is 63.1 Å². The van der Waals surface area contributed by atoms with Gasteiger partial charge in [0.15, 0.2) is 5.78 Å². The van der Waals surface area contributed by atoms with E-state index in [1.54, 1.807) is 12.1 Å². The molecule has 8 nitrogen and oxygen atoms in total. The van der Waals surface area contributed by atoms with Gasteiger partial charge in [-0.2, -0.15) is 0 Å². The van der Waals surface area contributed by atoms with Gasteiger partial charge in [0.1, 0.15) is 16.4 Å². The number of hydrogen-bond donors (Lipinski definition) is 3. The third kappa shape index (κ3) is 7.49. The molecule has 3 aromatic rings. The molecule has 12 heteroatoms. The number of nitrogens with one attached hydrogen (secondary N) is 2. The number of thiol groups is 1. The molecule has 1 unspecified atom stereocenters. The van der Waals surface area contributed by atoms with Crippen LogP contribution in [0.1, 0.15) is 66.7 Å². The van der Waals surface area contributed by atoms with Crippen LogP contribution in [0.15, 0.2) is 53.5 Å². The summed E-state index contributed by atoms with van der Waals surface area (Å²) < 4.78 is 70.9. The Hall–Kier alpha value is -2.90. The van der Waals surface area contributed by atoms with Crippen molar-refractivity contribution in [3.8, 4) is 11.1 Å². The number of ketones is 1. The summed E-state index contributed by atoms with van der Waals surface area (Å²) in [6.07, 6.45) is 3.53. The number of carbonyl (C=O) groups excluding carboxylic acids is 1. The van der Waals surface area contributed by atoms with Crippen molar-refractivity contribution in [3.63, 3.8) is 0 Å². The van der Waals surface area contributed by atoms with Gasteiger partial charge in [0.05, 0.1) is 11.6 Å². The number of aryl methyl sites for hydroxylation is 1. The van der Waals surface area contributed by atoms with Crippen LogP contribution in [0, 0.1) is 17.6 Å². The van der Waals surface area contributed by atoms with Crippen molar-refractivity contribution in [1.29, 1.82) is 0 Å². The van der Waals surface area contributed by atoms with Gasteiger partial charge >= 0.3 is 0 Å². The molecule has 2 N–H and O–H groups in total. The van der Waals surface area contributed by atoms with Crippen molar-refractivity contribution < 1.29 is 26.5 Å². The van der Waals surface area contributed by atoms with Gasteiger partial charge in [0, 0.05) is 60.0 Å². The fourth-order valence-electron chi connectivity index (χ4n) is 4.46. The van der Waals surface area contributed by atoms with E-state index < -0.39 is 50.5 Å². The molecule has 1 fully saturated rings. The summed E-state index contributed by atoms with van der Waals surface area (Å²) in [7, 11) is -1.19. The fraction of sp³-hybridized carbons (Fsp3) is 0.379. The maximum atomic E-state index is 15.4. The Bertz CT molecular complexity index is 1570. The molecule has 4 rings (SSSR count). The first-order chi connectivity index (χ1) is 19.3. The zero-order valence-corrected chi connectivity index (χ0v) is 24.9. The van der Waals surface area contributed by atoms with Gasteiger partial charge in [-0.3, -0.25) is 9.59 Å². The molecule has 0 aliphatic heterocycles. The lowest BCUT2D eigenvalue weighted by atomic mass is 9.91. The highest BCUT2D eigenvalue weighted by atomic mass is 32.2. The van der Waals surface area contributed by atoms with Gasteiger partial charge in [0.2, 0.25) is 10.9 Å². The van der Waals surface area contributed by atoms with Crippen molar-refractivity contribution in [2.75, 3.05) is 6.54 Å². The molecule has 0 saturated heterocycles. The Kier molecular flexibility index (Phi) is 9.49. The van der Waals surface area contributed by atoms with E-state index in [1.807, 2.05) is 20.8 Å². The van der Waals surface area contributed by atoms with E-state index >= 15 is 8.78 Å². The molecule has 1 heterocycles. The molecule has 1 aliphatic rings. The number of aromatic nitrogens is 1. The van der Waals surface area contributed by atoms with E-state index in [9.17, 15) is 22.6 Å². The first-order valence-electron chi connectivity index (χ1n) is 13.2. The Morgan fingerprint density at radius 1 is 1.10 bits per heavy atom. The van der Waals surface area contributed by atoms with Crippen LogP contribution in [0.25, 0.3) is 11.1 Å². The number of pyridine rings is 1. The van der Waals surface area contributed by atoms with Crippen LogP contribution in [0.2, 0.25) is 0 Å². The van der Waals surface area contributed by atoms with E-state index in [1.165, 1.54) is 36.0 Å². The standard InChI is InChI=1S/C29H33F2N3O5S2/c1-29(2,3)40(37)33-27(18-9-10-18)21-14-26(35)34(4)16-23(21)20-13-22(25(31)15-24(20)30)28(36)19-7-5-17(6-8-19)11-12-32-41(38)39/h5-8,13-16,18,27,33,41H,9-12H2,1-4H3,(H,32,38,39)/t27-,40?/m0/s1. The van der Waals surface area contributed by atoms with Crippen LogP contribution in [-0.4, -0.2) is 34.6 Å². The highest BCUT2D eigenvalue weighted by Gasteiger charge is 2.40. The van der Waals surface area contributed by atoms with E-state index in [2.05, 4.69) is 9.44 Å². The molecule has 2 atom stereocenters. The Labute approximate surface area is 242 Å². The number of benzene rings is 2. The largest absolute Gasteiger partial charge is 0.598 e. The van der Waals surface area contributed by atoms with Crippen molar-refractivity contribution in [1.82, 2.24) is 14.0 Å². The highest BCUT2D eigenvalue weighted by molar-refractivity contribution is 7.90. The molecule has 1 aromatic heterocycles. The lowest BCUT2D eigenvalue weighted by molar-refractivity contribution is 0.103. The first kappa shape index (κ1) is 31.0. The van der Waals surface area contributed by atoms with Crippen LogP contribution >= 0.6 is 0 Å². The minimum atomic E-state index is -2.71. The zero-order valence-electron chi connectivity index (χ0n) is 23.2. The van der Waals surface area contributed by atoms with E-state index in [0.717, 1.165) is 24.5 Å². The summed E-state index contributed by atoms with van der Waals surface area (Å²) in [6.45, 7) is 5.66. The van der Waals surface area contributed by atoms with Gasteiger partial charge in [-0.1, -0.05) is 24.3 Å². The molecule has 0 amide bonds. The fourth-order valence-corrected chi connectivity index (χ4v) is 5.66. The predicted molar refractivity (Wildman–Crippen MR) is 155 cm³/mol. The van der Waals surface area contributed by atoms with Crippen LogP contribution in [-0.2, 0) is 35.7 Å². The van der Waals surface area contributed by atoms with E-state index in [4.69, 9.17) is 0 Å². The molecule has 41 heavy (non-hydrogen) atoms. The van der Waals surface area contributed by atoms with Crippen LogP contribution in [0.4, 0.5) is 8.78 Å². The van der Waals surface area contributed by atoms with Gasteiger partial charge in [-0.15, -0.1) is 4.72 Å². The van der Waals surface area contributed by atoms with Gasteiger partial charge in [0.25, 0.3) is 5.56 Å². The van der Waals surface area contributed by atoms with E-state index in [-0.39, 0.29) is 34.7 Å². The van der Waals surface area contributed by atoms with Crippen molar-refractivity contribution in [2.24, 2.45) is 13.0 Å². The minimum Gasteiger partial charge on any atom is -0.598 e. The Morgan fingerprint density at radius 2 is 1.76 bits per heavy atom. The number of rotatable bonds is 11. The molecule has 0 radical (unpaired) electrons. The average Bonchev–Trinajstić information content (AvgIpc) is 3.73. The SMILES string of the molecule is Cn1cc(-c2cc(C(=O)c3ccc(CCN[SH](=O)=O)cc3)c(F)cc2F)c([C@@H](N[S+]([O-])C(C)(C)C)C2CC2)cc1=O. The molecule has 220 valence electrons. The second-order valence-electron chi connectivity index (χ2n) is 11.2. The Morgan fingerprint density at radius 3 is 2.34 bits per heavy atom. The molecule has 2 aromatic carbocycles. The second-order valence-corrected chi connectivity index (χ2v) is 14.0. The quantitative estimate of drug-likeness (QED) is 0.174. The lowest BCUT2D eigenvalue weighted by Gasteiger charge is -2.29. The smallest absolute Gasteiger partial charge is 0.250 e. The normalized spacial score (nSPS) is 15.2.